The zero-order chi connectivity index (χ0) is 18.5. The average molecular weight is 368 g/mol. The number of carbonyl (C=O) groups is 1. The van der Waals surface area contributed by atoms with Crippen molar-refractivity contribution in [3.8, 4) is 5.75 Å². The molecule has 0 saturated heterocycles. The molecular formula is C20H33O4P. The van der Waals surface area contributed by atoms with E-state index >= 15 is 0 Å². The highest BCUT2D eigenvalue weighted by molar-refractivity contribution is 7.53. The van der Waals surface area contributed by atoms with Gasteiger partial charge < -0.3 is 14.0 Å². The zero-order valence-electron chi connectivity index (χ0n) is 15.9. The normalized spacial score (nSPS) is 13.2. The van der Waals surface area contributed by atoms with E-state index < -0.39 is 7.80 Å². The van der Waals surface area contributed by atoms with Crippen LogP contribution in [0.25, 0.3) is 0 Å². The van der Waals surface area contributed by atoms with Crippen LogP contribution in [-0.2, 0) is 14.1 Å². The Morgan fingerprint density at radius 2 is 1.68 bits per heavy atom. The maximum Gasteiger partial charge on any atom is 0.309 e. The second-order valence-electron chi connectivity index (χ2n) is 6.45. The molecule has 0 aliphatic carbocycles. The van der Waals surface area contributed by atoms with Gasteiger partial charge in [-0.3, -0.25) is 4.79 Å². The third-order valence-corrected chi connectivity index (χ3v) is 6.08. The summed E-state index contributed by atoms with van der Waals surface area (Å²) in [6.07, 6.45) is 6.62. The molecule has 0 aliphatic heterocycles. The van der Waals surface area contributed by atoms with E-state index in [-0.39, 0.29) is 11.9 Å². The van der Waals surface area contributed by atoms with Gasteiger partial charge in [0.05, 0.1) is 24.4 Å². The first-order valence-electron chi connectivity index (χ1n) is 9.51. The number of hydrogen-bond donors (Lipinski definition) is 0. The topological polar surface area (TPSA) is 52.6 Å². The first-order chi connectivity index (χ1) is 12.1. The zero-order valence-corrected chi connectivity index (χ0v) is 16.9. The fraction of sp³-hybridized carbons (Fsp3) is 0.650. The van der Waals surface area contributed by atoms with Gasteiger partial charge in [-0.05, 0) is 25.0 Å². The number of hydrogen-bond acceptors (Lipinski definition) is 4. The third kappa shape index (κ3) is 8.58. The van der Waals surface area contributed by atoms with Crippen LogP contribution in [0.1, 0.15) is 59.3 Å². The van der Waals surface area contributed by atoms with Gasteiger partial charge in [-0.2, -0.15) is 0 Å². The Bertz CT molecular complexity index is 530. The molecule has 0 bridgehead atoms. The third-order valence-electron chi connectivity index (χ3n) is 4.08. The molecule has 0 N–H and O–H groups in total. The minimum atomic E-state index is -2.09. The molecule has 1 rings (SSSR count). The first kappa shape index (κ1) is 21.8. The molecule has 0 aliphatic rings. The Balaban J connectivity index is 2.54. The van der Waals surface area contributed by atoms with Gasteiger partial charge in [0, 0.05) is 6.16 Å². The highest BCUT2D eigenvalue weighted by atomic mass is 31.1. The van der Waals surface area contributed by atoms with E-state index in [0.29, 0.717) is 25.1 Å². The molecule has 4 nitrogen and oxygen atoms in total. The molecule has 2 atom stereocenters. The summed E-state index contributed by atoms with van der Waals surface area (Å²) >= 11 is 0. The van der Waals surface area contributed by atoms with Crippen molar-refractivity contribution in [2.24, 2.45) is 5.92 Å². The van der Waals surface area contributed by atoms with Crippen molar-refractivity contribution in [1.82, 2.24) is 0 Å². The number of unbranched alkanes of at least 4 members (excludes halogenated alkanes) is 4. The molecule has 142 valence electrons. The van der Waals surface area contributed by atoms with Crippen LogP contribution in [0, 0.1) is 5.92 Å². The summed E-state index contributed by atoms with van der Waals surface area (Å²) in [4.78, 5) is 12.0. The van der Waals surface area contributed by atoms with Crippen LogP contribution in [-0.4, -0.2) is 25.3 Å². The highest BCUT2D eigenvalue weighted by Gasteiger charge is 2.20. The summed E-state index contributed by atoms with van der Waals surface area (Å²) in [7, 11) is -2.09. The Morgan fingerprint density at radius 1 is 1.04 bits per heavy atom. The highest BCUT2D eigenvalue weighted by Crippen LogP contribution is 2.29. The van der Waals surface area contributed by atoms with E-state index in [1.165, 1.54) is 0 Å². The average Bonchev–Trinajstić information content (AvgIpc) is 2.62. The second kappa shape index (κ2) is 13.0. The van der Waals surface area contributed by atoms with Crippen molar-refractivity contribution in [3.63, 3.8) is 0 Å². The Morgan fingerprint density at radius 3 is 2.36 bits per heavy atom. The van der Waals surface area contributed by atoms with Crippen LogP contribution in [0.5, 0.6) is 5.75 Å². The molecule has 5 heteroatoms. The van der Waals surface area contributed by atoms with Crippen molar-refractivity contribution < 1.29 is 18.8 Å². The quantitative estimate of drug-likeness (QED) is 0.285. The Labute approximate surface area is 153 Å². The number of rotatable bonds is 13. The summed E-state index contributed by atoms with van der Waals surface area (Å²) in [5.74, 6) is 0.0722. The van der Waals surface area contributed by atoms with Crippen molar-refractivity contribution in [2.45, 2.75) is 59.3 Å². The predicted molar refractivity (Wildman–Crippen MR) is 105 cm³/mol. The summed E-state index contributed by atoms with van der Waals surface area (Å²) in [5.41, 5.74) is 0. The standard InChI is InChI=1S/C20H33O4P/c1-4-6-10-14-23-18-12-8-9-13-19(18)25(22)16-17(3)20(21)24-15-11-7-5-2/h8-9,12-13,17,25H,4-7,10-11,14-16H2,1-3H3. The molecule has 0 heterocycles. The minimum absolute atomic E-state index is 0.254. The maximum absolute atomic E-state index is 12.7. The molecule has 2 unspecified atom stereocenters. The second-order valence-corrected chi connectivity index (χ2v) is 8.25. The van der Waals surface area contributed by atoms with E-state index in [9.17, 15) is 9.36 Å². The number of ether oxygens (including phenoxy) is 2. The van der Waals surface area contributed by atoms with E-state index in [4.69, 9.17) is 9.47 Å². The van der Waals surface area contributed by atoms with Crippen LogP contribution < -0.4 is 10.0 Å². The lowest BCUT2D eigenvalue weighted by atomic mass is 10.2. The molecule has 0 aromatic heterocycles. The lowest BCUT2D eigenvalue weighted by Gasteiger charge is -2.14. The summed E-state index contributed by atoms with van der Waals surface area (Å²) < 4.78 is 23.8. The van der Waals surface area contributed by atoms with Gasteiger partial charge in [0.25, 0.3) is 0 Å². The van der Waals surface area contributed by atoms with Gasteiger partial charge in [-0.15, -0.1) is 0 Å². The molecule has 1 aromatic carbocycles. The fourth-order valence-corrected chi connectivity index (χ4v) is 4.15. The lowest BCUT2D eigenvalue weighted by Crippen LogP contribution is -2.19. The van der Waals surface area contributed by atoms with Crippen molar-refractivity contribution in [1.29, 1.82) is 0 Å². The van der Waals surface area contributed by atoms with Crippen LogP contribution in [0.15, 0.2) is 24.3 Å². The number of para-hydroxylation sites is 1. The van der Waals surface area contributed by atoms with Crippen LogP contribution in [0.3, 0.4) is 0 Å². The Hall–Kier alpha value is -1.28. The van der Waals surface area contributed by atoms with Gasteiger partial charge >= 0.3 is 5.97 Å². The smallest absolute Gasteiger partial charge is 0.309 e. The lowest BCUT2D eigenvalue weighted by molar-refractivity contribution is -0.147. The minimum Gasteiger partial charge on any atom is -0.493 e. The van der Waals surface area contributed by atoms with Crippen molar-refractivity contribution in [3.05, 3.63) is 24.3 Å². The SMILES string of the molecule is CCCCCOC(=O)C(C)C[PH](=O)c1ccccc1OCCCCC. The summed E-state index contributed by atoms with van der Waals surface area (Å²) in [6, 6.07) is 7.46. The van der Waals surface area contributed by atoms with Gasteiger partial charge in [-0.25, -0.2) is 0 Å². The molecule has 25 heavy (non-hydrogen) atoms. The largest absolute Gasteiger partial charge is 0.493 e. The summed E-state index contributed by atoms with van der Waals surface area (Å²) in [6.45, 7) is 7.13. The fourth-order valence-electron chi connectivity index (χ4n) is 2.50. The van der Waals surface area contributed by atoms with Gasteiger partial charge in [-0.1, -0.05) is 58.6 Å². The van der Waals surface area contributed by atoms with Gasteiger partial charge in [0.2, 0.25) is 0 Å². The number of carbonyl (C=O) groups excluding carboxylic acids is 1. The van der Waals surface area contributed by atoms with Crippen LogP contribution in [0.4, 0.5) is 0 Å². The van der Waals surface area contributed by atoms with Gasteiger partial charge in [0.1, 0.15) is 13.6 Å². The molecule has 1 aromatic rings. The molecule has 0 spiro atoms. The maximum atomic E-state index is 12.7. The van der Waals surface area contributed by atoms with Gasteiger partial charge in [0.15, 0.2) is 0 Å². The van der Waals surface area contributed by atoms with E-state index in [0.717, 1.165) is 43.8 Å². The van der Waals surface area contributed by atoms with Crippen molar-refractivity contribution in [2.75, 3.05) is 19.4 Å². The van der Waals surface area contributed by atoms with Crippen LogP contribution >= 0.6 is 7.80 Å². The number of benzene rings is 1. The molecular weight excluding hydrogens is 335 g/mol. The summed E-state index contributed by atoms with van der Waals surface area (Å²) in [5, 5.41) is 0.731. The van der Waals surface area contributed by atoms with Crippen LogP contribution in [0.2, 0.25) is 0 Å². The van der Waals surface area contributed by atoms with E-state index in [2.05, 4.69) is 13.8 Å². The monoisotopic (exact) mass is 368 g/mol. The molecule has 0 fully saturated rings. The van der Waals surface area contributed by atoms with E-state index in [1.54, 1.807) is 6.92 Å². The molecule has 0 radical (unpaired) electrons. The molecule has 0 saturated carbocycles. The first-order valence-corrected chi connectivity index (χ1v) is 11.1. The van der Waals surface area contributed by atoms with E-state index in [1.807, 2.05) is 24.3 Å². The van der Waals surface area contributed by atoms with Crippen molar-refractivity contribution >= 4 is 19.1 Å². The number of esters is 1. The Kier molecular flexibility index (Phi) is 11.3. The molecule has 0 amide bonds. The predicted octanol–water partition coefficient (Wildman–Crippen LogP) is 4.81.